The second kappa shape index (κ2) is 8.32. The summed E-state index contributed by atoms with van der Waals surface area (Å²) >= 11 is 3.43. The van der Waals surface area contributed by atoms with E-state index in [1.807, 2.05) is 56.9 Å². The van der Waals surface area contributed by atoms with E-state index in [9.17, 15) is 9.59 Å². The van der Waals surface area contributed by atoms with Crippen molar-refractivity contribution >= 4 is 27.7 Å². The van der Waals surface area contributed by atoms with Gasteiger partial charge in [0, 0.05) is 36.7 Å². The number of rotatable bonds is 5. The molecule has 0 bridgehead atoms. The van der Waals surface area contributed by atoms with Crippen LogP contribution in [0.3, 0.4) is 0 Å². The Morgan fingerprint density at radius 1 is 1.12 bits per heavy atom. The van der Waals surface area contributed by atoms with Gasteiger partial charge in [0.05, 0.1) is 12.0 Å². The highest BCUT2D eigenvalue weighted by Crippen LogP contribution is 2.27. The second-order valence-electron chi connectivity index (χ2n) is 7.42. The number of piperazine rings is 1. The van der Waals surface area contributed by atoms with Gasteiger partial charge in [-0.1, -0.05) is 28.1 Å². The van der Waals surface area contributed by atoms with Crippen LogP contribution in [0.5, 0.6) is 0 Å². The molecule has 1 aromatic carbocycles. The fraction of sp³-hybridized carbons (Fsp3) is 0.579. The molecule has 0 aromatic heterocycles. The van der Waals surface area contributed by atoms with E-state index in [0.29, 0.717) is 19.6 Å². The van der Waals surface area contributed by atoms with Crippen LogP contribution in [0.2, 0.25) is 0 Å². The molecule has 5 nitrogen and oxygen atoms in total. The molecule has 0 saturated carbocycles. The van der Waals surface area contributed by atoms with Gasteiger partial charge in [-0.25, -0.2) is 0 Å². The SMILES string of the molecule is CC(C)NC(=O)CN1CCN(C(=O)C(C)(C)c2ccc(Br)cc2)CC1. The van der Waals surface area contributed by atoms with Crippen LogP contribution in [0.4, 0.5) is 0 Å². The molecule has 0 unspecified atom stereocenters. The van der Waals surface area contributed by atoms with Gasteiger partial charge in [0.15, 0.2) is 0 Å². The molecule has 1 aromatic rings. The molecule has 1 saturated heterocycles. The molecule has 2 amide bonds. The molecule has 25 heavy (non-hydrogen) atoms. The second-order valence-corrected chi connectivity index (χ2v) is 8.34. The topological polar surface area (TPSA) is 52.7 Å². The summed E-state index contributed by atoms with van der Waals surface area (Å²) in [4.78, 5) is 28.9. The third kappa shape index (κ3) is 5.28. The van der Waals surface area contributed by atoms with Gasteiger partial charge >= 0.3 is 0 Å². The lowest BCUT2D eigenvalue weighted by Gasteiger charge is -2.38. The Bertz CT molecular complexity index is 606. The number of benzene rings is 1. The Kier molecular flexibility index (Phi) is 6.63. The van der Waals surface area contributed by atoms with Crippen LogP contribution in [-0.2, 0) is 15.0 Å². The fourth-order valence-corrected chi connectivity index (χ4v) is 3.33. The molecule has 138 valence electrons. The lowest BCUT2D eigenvalue weighted by Crippen LogP contribution is -2.54. The van der Waals surface area contributed by atoms with Crippen LogP contribution in [0, 0.1) is 0 Å². The van der Waals surface area contributed by atoms with Crippen molar-refractivity contribution in [3.63, 3.8) is 0 Å². The van der Waals surface area contributed by atoms with Crippen molar-refractivity contribution < 1.29 is 9.59 Å². The van der Waals surface area contributed by atoms with Gasteiger partial charge in [-0.2, -0.15) is 0 Å². The van der Waals surface area contributed by atoms with Crippen molar-refractivity contribution in [2.45, 2.75) is 39.2 Å². The average molecular weight is 410 g/mol. The highest BCUT2D eigenvalue weighted by Gasteiger charge is 2.35. The lowest BCUT2D eigenvalue weighted by atomic mass is 9.83. The van der Waals surface area contributed by atoms with Gasteiger partial charge in [0.2, 0.25) is 11.8 Å². The number of nitrogens with zero attached hydrogens (tertiary/aromatic N) is 2. The van der Waals surface area contributed by atoms with Crippen LogP contribution < -0.4 is 5.32 Å². The minimum Gasteiger partial charge on any atom is -0.353 e. The van der Waals surface area contributed by atoms with Crippen molar-refractivity contribution in [2.75, 3.05) is 32.7 Å². The summed E-state index contributed by atoms with van der Waals surface area (Å²) in [7, 11) is 0. The van der Waals surface area contributed by atoms with Crippen LogP contribution >= 0.6 is 15.9 Å². The summed E-state index contributed by atoms with van der Waals surface area (Å²) in [5, 5.41) is 2.91. The van der Waals surface area contributed by atoms with E-state index in [4.69, 9.17) is 0 Å². The van der Waals surface area contributed by atoms with E-state index in [1.54, 1.807) is 0 Å². The number of hydrogen-bond acceptors (Lipinski definition) is 3. The molecule has 1 aliphatic rings. The van der Waals surface area contributed by atoms with Crippen molar-refractivity contribution in [2.24, 2.45) is 0 Å². The highest BCUT2D eigenvalue weighted by molar-refractivity contribution is 9.10. The van der Waals surface area contributed by atoms with Gasteiger partial charge in [-0.3, -0.25) is 14.5 Å². The minimum absolute atomic E-state index is 0.0463. The molecule has 1 fully saturated rings. The molecule has 0 radical (unpaired) electrons. The first kappa shape index (κ1) is 19.9. The largest absolute Gasteiger partial charge is 0.353 e. The van der Waals surface area contributed by atoms with E-state index in [2.05, 4.69) is 26.1 Å². The van der Waals surface area contributed by atoms with Gasteiger partial charge in [0.1, 0.15) is 0 Å². The van der Waals surface area contributed by atoms with Crippen molar-refractivity contribution in [3.05, 3.63) is 34.3 Å². The van der Waals surface area contributed by atoms with Crippen LogP contribution in [0.1, 0.15) is 33.3 Å². The predicted octanol–water partition coefficient (Wildman–Crippen LogP) is 2.40. The smallest absolute Gasteiger partial charge is 0.234 e. The van der Waals surface area contributed by atoms with Crippen molar-refractivity contribution in [1.29, 1.82) is 0 Å². The van der Waals surface area contributed by atoms with E-state index in [-0.39, 0.29) is 17.9 Å². The average Bonchev–Trinajstić information content (AvgIpc) is 2.54. The summed E-state index contributed by atoms with van der Waals surface area (Å²) in [6.07, 6.45) is 0. The maximum atomic E-state index is 13.0. The Morgan fingerprint density at radius 3 is 2.20 bits per heavy atom. The maximum Gasteiger partial charge on any atom is 0.234 e. The molecule has 1 aliphatic heterocycles. The van der Waals surface area contributed by atoms with Crippen molar-refractivity contribution in [3.8, 4) is 0 Å². The quantitative estimate of drug-likeness (QED) is 0.811. The molecule has 6 heteroatoms. The van der Waals surface area contributed by atoms with Crippen molar-refractivity contribution in [1.82, 2.24) is 15.1 Å². The molecular formula is C19H28BrN3O2. The first-order valence-electron chi connectivity index (χ1n) is 8.77. The summed E-state index contributed by atoms with van der Waals surface area (Å²) < 4.78 is 1.01. The first-order chi connectivity index (χ1) is 11.7. The molecule has 0 aliphatic carbocycles. The first-order valence-corrected chi connectivity index (χ1v) is 9.56. The zero-order valence-electron chi connectivity index (χ0n) is 15.5. The lowest BCUT2D eigenvalue weighted by molar-refractivity contribution is -0.138. The van der Waals surface area contributed by atoms with Crippen LogP contribution in [-0.4, -0.2) is 60.4 Å². The summed E-state index contributed by atoms with van der Waals surface area (Å²) in [6, 6.07) is 8.08. The van der Waals surface area contributed by atoms with Gasteiger partial charge in [-0.15, -0.1) is 0 Å². The fourth-order valence-electron chi connectivity index (χ4n) is 3.07. The number of amides is 2. The zero-order valence-corrected chi connectivity index (χ0v) is 17.1. The molecule has 2 rings (SSSR count). The Balaban J connectivity index is 1.92. The third-order valence-corrected chi connectivity index (χ3v) is 5.11. The maximum absolute atomic E-state index is 13.0. The van der Waals surface area contributed by atoms with Crippen LogP contribution in [0.25, 0.3) is 0 Å². The summed E-state index contributed by atoms with van der Waals surface area (Å²) in [5.74, 6) is 0.186. The molecular weight excluding hydrogens is 382 g/mol. The number of halogens is 1. The Hall–Kier alpha value is -1.40. The molecule has 1 heterocycles. The monoisotopic (exact) mass is 409 g/mol. The van der Waals surface area contributed by atoms with Crippen LogP contribution in [0.15, 0.2) is 28.7 Å². The van der Waals surface area contributed by atoms with Gasteiger partial charge in [0.25, 0.3) is 0 Å². The Labute approximate surface area is 158 Å². The predicted molar refractivity (Wildman–Crippen MR) is 103 cm³/mol. The number of hydrogen-bond donors (Lipinski definition) is 1. The zero-order chi connectivity index (χ0) is 18.6. The third-order valence-electron chi connectivity index (χ3n) is 4.58. The molecule has 1 N–H and O–H groups in total. The summed E-state index contributed by atoms with van der Waals surface area (Å²) in [5.41, 5.74) is 0.456. The van der Waals surface area contributed by atoms with E-state index in [1.165, 1.54) is 0 Å². The highest BCUT2D eigenvalue weighted by atomic mass is 79.9. The Morgan fingerprint density at radius 2 is 1.68 bits per heavy atom. The number of carbonyl (C=O) groups is 2. The molecule has 0 atom stereocenters. The van der Waals surface area contributed by atoms with Gasteiger partial charge < -0.3 is 10.2 Å². The van der Waals surface area contributed by atoms with Gasteiger partial charge in [-0.05, 0) is 45.4 Å². The normalized spacial score (nSPS) is 16.2. The standard InChI is InChI=1S/C19H28BrN3O2/c1-14(2)21-17(24)13-22-9-11-23(12-10-22)18(25)19(3,4)15-5-7-16(20)8-6-15/h5-8,14H,9-13H2,1-4H3,(H,21,24). The van der Waals surface area contributed by atoms with E-state index in [0.717, 1.165) is 23.1 Å². The molecule has 0 spiro atoms. The minimum atomic E-state index is -0.558. The van der Waals surface area contributed by atoms with E-state index < -0.39 is 5.41 Å². The number of carbonyl (C=O) groups excluding carboxylic acids is 2. The summed E-state index contributed by atoms with van der Waals surface area (Å²) in [6.45, 7) is 11.0. The number of nitrogens with one attached hydrogen (secondary N) is 1. The van der Waals surface area contributed by atoms with E-state index >= 15 is 0 Å².